The lowest BCUT2D eigenvalue weighted by atomic mass is 9.98. The van der Waals surface area contributed by atoms with Gasteiger partial charge in [0.15, 0.2) is 12.6 Å². The molecule has 0 saturated heterocycles. The Labute approximate surface area is 142 Å². The zero-order valence-corrected chi connectivity index (χ0v) is 14.0. The molecule has 0 bridgehead atoms. The van der Waals surface area contributed by atoms with Crippen LogP contribution in [0.1, 0.15) is 24.1 Å². The molecule has 0 aliphatic carbocycles. The second-order valence-corrected chi connectivity index (χ2v) is 5.66. The van der Waals surface area contributed by atoms with Crippen LogP contribution in [-0.2, 0) is 9.59 Å². The molecule has 0 fully saturated rings. The molecular formula is C19H24N3O2+. The van der Waals surface area contributed by atoms with Crippen LogP contribution in [0.25, 0.3) is 0 Å². The molecule has 0 aromatic heterocycles. The molecule has 2 amide bonds. The van der Waals surface area contributed by atoms with Crippen molar-refractivity contribution in [2.75, 3.05) is 13.6 Å². The van der Waals surface area contributed by atoms with E-state index in [-0.39, 0.29) is 30.4 Å². The van der Waals surface area contributed by atoms with Crippen molar-refractivity contribution in [1.29, 1.82) is 0 Å². The number of rotatable bonds is 7. The molecule has 0 aliphatic rings. The maximum Gasteiger partial charge on any atom is 0.278 e. The highest BCUT2D eigenvalue weighted by Crippen LogP contribution is 2.21. The average Bonchev–Trinajstić information content (AvgIpc) is 2.65. The van der Waals surface area contributed by atoms with Gasteiger partial charge in [-0.15, -0.1) is 0 Å². The van der Waals surface area contributed by atoms with Gasteiger partial charge in [-0.05, 0) is 18.1 Å². The van der Waals surface area contributed by atoms with Crippen LogP contribution >= 0.6 is 0 Å². The molecule has 1 atom stereocenters. The number of carbonyl (C=O) groups excluding carboxylic acids is 2. The summed E-state index contributed by atoms with van der Waals surface area (Å²) in [6, 6.07) is 19.2. The first kappa shape index (κ1) is 17.7. The maximum absolute atomic E-state index is 12.5. The van der Waals surface area contributed by atoms with Crippen molar-refractivity contribution in [2.45, 2.75) is 19.0 Å². The fourth-order valence-corrected chi connectivity index (χ4v) is 2.42. The summed E-state index contributed by atoms with van der Waals surface area (Å²) in [5.41, 5.74) is 2.05. The summed E-state index contributed by atoms with van der Waals surface area (Å²) in [5, 5.41) is 7.36. The standard InChI is InChI=1S/C19H23N3O2/c1-14(21-13-17(23)20-2)19(24)22-18(15-9-5-3-6-10-15)16-11-7-4-8-12-16/h3-12,14,18,21H,13H2,1-2H3,(H,20,23)(H,22,24)/p+1/t14-/m1/s1. The maximum atomic E-state index is 12.5. The van der Waals surface area contributed by atoms with Crippen LogP contribution in [0.3, 0.4) is 0 Å². The molecule has 2 rings (SSSR count). The Balaban J connectivity index is 2.11. The molecule has 126 valence electrons. The molecule has 0 radical (unpaired) electrons. The van der Waals surface area contributed by atoms with E-state index in [1.165, 1.54) is 0 Å². The molecule has 0 aliphatic heterocycles. The van der Waals surface area contributed by atoms with Crippen LogP contribution in [0.4, 0.5) is 0 Å². The van der Waals surface area contributed by atoms with Crippen LogP contribution in [0.15, 0.2) is 60.7 Å². The summed E-state index contributed by atoms with van der Waals surface area (Å²) in [6.45, 7) is 2.03. The molecule has 2 aromatic rings. The first-order valence-electron chi connectivity index (χ1n) is 8.06. The number of benzene rings is 2. The first-order valence-corrected chi connectivity index (χ1v) is 8.06. The molecule has 24 heavy (non-hydrogen) atoms. The van der Waals surface area contributed by atoms with Crippen LogP contribution in [0.2, 0.25) is 0 Å². The van der Waals surface area contributed by atoms with Gasteiger partial charge in [0, 0.05) is 7.05 Å². The van der Waals surface area contributed by atoms with Gasteiger partial charge < -0.3 is 16.0 Å². The van der Waals surface area contributed by atoms with E-state index in [1.54, 1.807) is 19.3 Å². The van der Waals surface area contributed by atoms with Crippen LogP contribution in [-0.4, -0.2) is 31.4 Å². The Morgan fingerprint density at radius 3 is 1.92 bits per heavy atom. The van der Waals surface area contributed by atoms with Gasteiger partial charge in [-0.1, -0.05) is 60.7 Å². The molecule has 0 spiro atoms. The van der Waals surface area contributed by atoms with Crippen molar-refractivity contribution in [3.8, 4) is 0 Å². The zero-order valence-electron chi connectivity index (χ0n) is 14.0. The van der Waals surface area contributed by atoms with Crippen molar-refractivity contribution >= 4 is 11.8 Å². The van der Waals surface area contributed by atoms with Crippen molar-refractivity contribution in [3.05, 3.63) is 71.8 Å². The fourth-order valence-electron chi connectivity index (χ4n) is 2.42. The molecule has 5 heteroatoms. The fraction of sp³-hybridized carbons (Fsp3) is 0.263. The minimum atomic E-state index is -0.350. The number of amides is 2. The minimum Gasteiger partial charge on any atom is -0.354 e. The lowest BCUT2D eigenvalue weighted by molar-refractivity contribution is -0.663. The number of carbonyl (C=O) groups is 2. The van der Waals surface area contributed by atoms with Crippen molar-refractivity contribution < 1.29 is 14.9 Å². The van der Waals surface area contributed by atoms with E-state index in [4.69, 9.17) is 0 Å². The number of likely N-dealkylation sites (N-methyl/N-ethyl adjacent to an activating group) is 1. The third-order valence-electron chi connectivity index (χ3n) is 3.90. The highest BCUT2D eigenvalue weighted by molar-refractivity contribution is 5.81. The van der Waals surface area contributed by atoms with Gasteiger partial charge in [0.1, 0.15) is 0 Å². The van der Waals surface area contributed by atoms with E-state index < -0.39 is 0 Å². The molecular weight excluding hydrogens is 302 g/mol. The van der Waals surface area contributed by atoms with Gasteiger partial charge in [0.2, 0.25) is 0 Å². The molecule has 0 heterocycles. The molecule has 5 nitrogen and oxygen atoms in total. The smallest absolute Gasteiger partial charge is 0.278 e. The summed E-state index contributed by atoms with van der Waals surface area (Å²) in [4.78, 5) is 23.9. The summed E-state index contributed by atoms with van der Waals surface area (Å²) >= 11 is 0. The SMILES string of the molecule is CNC(=O)C[NH2+][C@H](C)C(=O)NC(c1ccccc1)c1ccccc1. The Kier molecular flexibility index (Phi) is 6.51. The lowest BCUT2D eigenvalue weighted by Gasteiger charge is -2.21. The summed E-state index contributed by atoms with van der Waals surface area (Å²) in [5.74, 6) is -0.200. The molecule has 2 aromatic carbocycles. The number of hydrogen-bond acceptors (Lipinski definition) is 2. The van der Waals surface area contributed by atoms with Crippen molar-refractivity contribution in [1.82, 2.24) is 10.6 Å². The Bertz CT molecular complexity index is 619. The third-order valence-corrected chi connectivity index (χ3v) is 3.90. The van der Waals surface area contributed by atoms with E-state index in [1.807, 2.05) is 60.7 Å². The van der Waals surface area contributed by atoms with E-state index in [0.29, 0.717) is 0 Å². The third kappa shape index (κ3) is 4.93. The molecule has 0 saturated carbocycles. The zero-order chi connectivity index (χ0) is 17.4. The Morgan fingerprint density at radius 2 is 1.46 bits per heavy atom. The Hall–Kier alpha value is -2.66. The summed E-state index contributed by atoms with van der Waals surface area (Å²) in [6.07, 6.45) is 0. The quantitative estimate of drug-likeness (QED) is 0.697. The van der Waals surface area contributed by atoms with Gasteiger partial charge in [-0.2, -0.15) is 0 Å². The second-order valence-electron chi connectivity index (χ2n) is 5.66. The molecule has 4 N–H and O–H groups in total. The number of hydrogen-bond donors (Lipinski definition) is 3. The number of nitrogens with one attached hydrogen (secondary N) is 2. The van der Waals surface area contributed by atoms with Gasteiger partial charge in [-0.3, -0.25) is 9.59 Å². The average molecular weight is 326 g/mol. The van der Waals surface area contributed by atoms with Crippen LogP contribution in [0, 0.1) is 0 Å². The first-order chi connectivity index (χ1) is 11.6. The van der Waals surface area contributed by atoms with Crippen molar-refractivity contribution in [3.63, 3.8) is 0 Å². The van der Waals surface area contributed by atoms with E-state index in [0.717, 1.165) is 11.1 Å². The largest absolute Gasteiger partial charge is 0.354 e. The van der Waals surface area contributed by atoms with Gasteiger partial charge in [0.25, 0.3) is 11.8 Å². The predicted molar refractivity (Wildman–Crippen MR) is 93.2 cm³/mol. The highest BCUT2D eigenvalue weighted by atomic mass is 16.2. The normalized spacial score (nSPS) is 11.8. The van der Waals surface area contributed by atoms with E-state index >= 15 is 0 Å². The van der Waals surface area contributed by atoms with Crippen LogP contribution < -0.4 is 16.0 Å². The summed E-state index contributed by atoms with van der Waals surface area (Å²) in [7, 11) is 1.59. The van der Waals surface area contributed by atoms with Crippen LogP contribution in [0.5, 0.6) is 0 Å². The van der Waals surface area contributed by atoms with Gasteiger partial charge >= 0.3 is 0 Å². The second kappa shape index (κ2) is 8.84. The molecule has 0 unspecified atom stereocenters. The van der Waals surface area contributed by atoms with E-state index in [9.17, 15) is 9.59 Å². The van der Waals surface area contributed by atoms with E-state index in [2.05, 4.69) is 10.6 Å². The minimum absolute atomic E-state index is 0.0997. The predicted octanol–water partition coefficient (Wildman–Crippen LogP) is 0.590. The number of quaternary nitrogens is 1. The highest BCUT2D eigenvalue weighted by Gasteiger charge is 2.22. The topological polar surface area (TPSA) is 74.8 Å². The lowest BCUT2D eigenvalue weighted by Crippen LogP contribution is -2.93. The van der Waals surface area contributed by atoms with Crippen molar-refractivity contribution in [2.24, 2.45) is 0 Å². The Morgan fingerprint density at radius 1 is 0.958 bits per heavy atom. The monoisotopic (exact) mass is 326 g/mol. The van der Waals surface area contributed by atoms with Gasteiger partial charge in [-0.25, -0.2) is 0 Å². The number of nitrogens with two attached hydrogens (primary N) is 1. The van der Waals surface area contributed by atoms with Gasteiger partial charge in [0.05, 0.1) is 6.04 Å². The summed E-state index contributed by atoms with van der Waals surface area (Å²) < 4.78 is 0.